The van der Waals surface area contributed by atoms with E-state index >= 15 is 0 Å². The summed E-state index contributed by atoms with van der Waals surface area (Å²) in [5.74, 6) is -3.28. The number of likely N-dealkylation sites (N-methyl/N-ethyl adjacent to an activating group) is 1. The molecular weight excluding hydrogens is 200 g/mol. The van der Waals surface area contributed by atoms with Crippen LogP contribution in [0.5, 0.6) is 0 Å². The summed E-state index contributed by atoms with van der Waals surface area (Å²) in [7, 11) is 0. The fourth-order valence-corrected chi connectivity index (χ4v) is 1.37. The van der Waals surface area contributed by atoms with E-state index in [0.717, 1.165) is 5.01 Å². The van der Waals surface area contributed by atoms with Crippen molar-refractivity contribution in [2.75, 3.05) is 6.54 Å². The van der Waals surface area contributed by atoms with Crippen molar-refractivity contribution in [3.8, 4) is 0 Å². The second kappa shape index (κ2) is 3.18. The molecule has 80 valence electrons. The number of hydrazone groups is 1. The molecule has 2 rings (SSSR count). The van der Waals surface area contributed by atoms with Crippen LogP contribution >= 0.6 is 0 Å². The Hall–Kier alpha value is -1.66. The van der Waals surface area contributed by atoms with Gasteiger partial charge in [-0.3, -0.25) is 4.79 Å². The molecular formula is C9H10N2O4. The van der Waals surface area contributed by atoms with Crippen LogP contribution < -0.4 is 0 Å². The number of hydrogen-bond donors (Lipinski definition) is 2. The predicted molar refractivity (Wildman–Crippen MR) is 49.8 cm³/mol. The van der Waals surface area contributed by atoms with Crippen LogP contribution in [0.15, 0.2) is 27.9 Å². The van der Waals surface area contributed by atoms with Gasteiger partial charge in [-0.25, -0.2) is 5.01 Å². The summed E-state index contributed by atoms with van der Waals surface area (Å²) in [6.07, 6.45) is 1.37. The zero-order valence-corrected chi connectivity index (χ0v) is 8.04. The average Bonchev–Trinajstić information content (AvgIpc) is 2.76. The smallest absolute Gasteiger partial charge is 0.309 e. The Kier molecular flexibility index (Phi) is 2.09. The Bertz CT molecular complexity index is 408. The maximum absolute atomic E-state index is 11.4. The molecule has 1 amide bonds. The van der Waals surface area contributed by atoms with Gasteiger partial charge in [0, 0.05) is 6.54 Å². The van der Waals surface area contributed by atoms with Gasteiger partial charge in [-0.1, -0.05) is 0 Å². The van der Waals surface area contributed by atoms with Gasteiger partial charge in [0.15, 0.2) is 11.5 Å². The quantitative estimate of drug-likeness (QED) is 0.646. The summed E-state index contributed by atoms with van der Waals surface area (Å²) in [5, 5.41) is 23.9. The van der Waals surface area contributed by atoms with Crippen molar-refractivity contribution in [3.05, 3.63) is 24.2 Å². The zero-order chi connectivity index (χ0) is 11.1. The van der Waals surface area contributed by atoms with Crippen molar-refractivity contribution in [1.82, 2.24) is 5.01 Å². The van der Waals surface area contributed by atoms with Gasteiger partial charge in [0.05, 0.1) is 6.26 Å². The van der Waals surface area contributed by atoms with Gasteiger partial charge in [0.25, 0.3) is 5.79 Å². The molecule has 15 heavy (non-hydrogen) atoms. The molecule has 1 aliphatic rings. The van der Waals surface area contributed by atoms with Crippen LogP contribution in [0, 0.1) is 0 Å². The van der Waals surface area contributed by atoms with Crippen LogP contribution in [0.2, 0.25) is 0 Å². The van der Waals surface area contributed by atoms with Gasteiger partial charge in [-0.05, 0) is 19.1 Å². The molecule has 6 heteroatoms. The summed E-state index contributed by atoms with van der Waals surface area (Å²) in [5.41, 5.74) is -0.181. The molecule has 1 aromatic heterocycles. The highest BCUT2D eigenvalue weighted by Gasteiger charge is 2.49. The molecule has 0 fully saturated rings. The molecule has 0 bridgehead atoms. The number of rotatable bonds is 2. The first-order valence-corrected chi connectivity index (χ1v) is 4.47. The van der Waals surface area contributed by atoms with E-state index in [1.54, 1.807) is 13.0 Å². The molecule has 0 aliphatic carbocycles. The monoisotopic (exact) mass is 210 g/mol. The van der Waals surface area contributed by atoms with E-state index in [0.29, 0.717) is 0 Å². The normalized spacial score (nSPS) is 19.5. The lowest BCUT2D eigenvalue weighted by Crippen LogP contribution is -2.46. The van der Waals surface area contributed by atoms with Crippen molar-refractivity contribution in [3.63, 3.8) is 0 Å². The third kappa shape index (κ3) is 1.34. The third-order valence-electron chi connectivity index (χ3n) is 2.14. The first-order chi connectivity index (χ1) is 7.07. The number of amides is 1. The molecule has 1 aromatic rings. The van der Waals surface area contributed by atoms with E-state index in [-0.39, 0.29) is 18.0 Å². The van der Waals surface area contributed by atoms with Gasteiger partial charge in [-0.15, -0.1) is 0 Å². The van der Waals surface area contributed by atoms with E-state index in [1.165, 1.54) is 12.3 Å². The van der Waals surface area contributed by atoms with Gasteiger partial charge in [-0.2, -0.15) is 5.10 Å². The van der Waals surface area contributed by atoms with Crippen molar-refractivity contribution in [2.45, 2.75) is 12.7 Å². The number of hydrogen-bond acceptors (Lipinski definition) is 5. The van der Waals surface area contributed by atoms with E-state index in [9.17, 15) is 15.0 Å². The Morgan fingerprint density at radius 1 is 1.60 bits per heavy atom. The van der Waals surface area contributed by atoms with E-state index in [4.69, 9.17) is 4.42 Å². The van der Waals surface area contributed by atoms with E-state index in [1.807, 2.05) is 0 Å². The van der Waals surface area contributed by atoms with Crippen LogP contribution in [-0.2, 0) is 4.79 Å². The molecule has 0 atom stereocenters. The van der Waals surface area contributed by atoms with Crippen LogP contribution in [0.3, 0.4) is 0 Å². The molecule has 0 radical (unpaired) electrons. The number of aliphatic hydroxyl groups is 2. The Balaban J connectivity index is 2.44. The Labute approximate surface area is 85.4 Å². The van der Waals surface area contributed by atoms with Crippen LogP contribution in [0.25, 0.3) is 0 Å². The van der Waals surface area contributed by atoms with E-state index < -0.39 is 11.7 Å². The minimum Gasteiger partial charge on any atom is -0.463 e. The summed E-state index contributed by atoms with van der Waals surface area (Å²) in [6, 6.07) is 3.08. The van der Waals surface area contributed by atoms with Gasteiger partial charge in [0.1, 0.15) is 0 Å². The summed E-state index contributed by atoms with van der Waals surface area (Å²) in [4.78, 5) is 11.4. The summed E-state index contributed by atoms with van der Waals surface area (Å²) >= 11 is 0. The maximum Gasteiger partial charge on any atom is 0.309 e. The second-order valence-electron chi connectivity index (χ2n) is 3.12. The number of carbonyl (C=O) groups is 1. The molecule has 2 heterocycles. The highest BCUT2D eigenvalue weighted by atomic mass is 16.5. The van der Waals surface area contributed by atoms with Crippen molar-refractivity contribution < 1.29 is 19.4 Å². The molecule has 0 aromatic carbocycles. The van der Waals surface area contributed by atoms with Crippen molar-refractivity contribution in [2.24, 2.45) is 5.10 Å². The van der Waals surface area contributed by atoms with Gasteiger partial charge >= 0.3 is 5.91 Å². The lowest BCUT2D eigenvalue weighted by Gasteiger charge is -2.14. The van der Waals surface area contributed by atoms with Crippen LogP contribution in [-0.4, -0.2) is 39.2 Å². The summed E-state index contributed by atoms with van der Waals surface area (Å²) < 4.78 is 4.96. The van der Waals surface area contributed by atoms with Crippen molar-refractivity contribution in [1.29, 1.82) is 0 Å². The fourth-order valence-electron chi connectivity index (χ4n) is 1.37. The number of nitrogens with zero attached hydrogens (tertiary/aromatic N) is 2. The molecule has 0 spiro atoms. The lowest BCUT2D eigenvalue weighted by atomic mass is 10.1. The largest absolute Gasteiger partial charge is 0.463 e. The highest BCUT2D eigenvalue weighted by molar-refractivity contribution is 6.19. The molecule has 6 nitrogen and oxygen atoms in total. The SMILES string of the molecule is CCN1N=C(c2ccco2)C(O)(O)C1=O. The lowest BCUT2D eigenvalue weighted by molar-refractivity contribution is -0.168. The minimum atomic E-state index is -2.59. The van der Waals surface area contributed by atoms with Gasteiger partial charge in [0.2, 0.25) is 0 Å². The molecule has 2 N–H and O–H groups in total. The standard InChI is InChI=1S/C9H10N2O4/c1-2-11-8(12)9(13,14)7(10-11)6-4-3-5-15-6/h3-5,13-14H,2H2,1H3. The van der Waals surface area contributed by atoms with Gasteiger partial charge < -0.3 is 14.6 Å². The van der Waals surface area contributed by atoms with E-state index in [2.05, 4.69) is 5.10 Å². The maximum atomic E-state index is 11.4. The Morgan fingerprint density at radius 2 is 2.33 bits per heavy atom. The number of furan rings is 1. The third-order valence-corrected chi connectivity index (χ3v) is 2.14. The van der Waals surface area contributed by atoms with Crippen LogP contribution in [0.1, 0.15) is 12.7 Å². The molecule has 0 saturated heterocycles. The van der Waals surface area contributed by atoms with Crippen LogP contribution in [0.4, 0.5) is 0 Å². The first kappa shape index (κ1) is 9.88. The molecule has 1 aliphatic heterocycles. The molecule has 0 unspecified atom stereocenters. The number of carbonyl (C=O) groups excluding carboxylic acids is 1. The highest BCUT2D eigenvalue weighted by Crippen LogP contribution is 2.22. The second-order valence-corrected chi connectivity index (χ2v) is 3.12. The average molecular weight is 210 g/mol. The summed E-state index contributed by atoms with van der Waals surface area (Å²) in [6.45, 7) is 1.95. The predicted octanol–water partition coefficient (Wildman–Crippen LogP) is -0.473. The molecule has 0 saturated carbocycles. The Morgan fingerprint density at radius 3 is 2.80 bits per heavy atom. The topological polar surface area (TPSA) is 86.3 Å². The zero-order valence-electron chi connectivity index (χ0n) is 8.04. The minimum absolute atomic E-state index is 0.171. The fraction of sp³-hybridized carbons (Fsp3) is 0.333. The first-order valence-electron chi connectivity index (χ1n) is 4.47. The van der Waals surface area contributed by atoms with Crippen molar-refractivity contribution >= 4 is 11.6 Å².